The third kappa shape index (κ3) is 9.62. The number of benzene rings is 1. The first-order chi connectivity index (χ1) is 18.0. The molecule has 3 amide bonds. The van der Waals surface area contributed by atoms with Crippen LogP contribution in [-0.2, 0) is 32.0 Å². The van der Waals surface area contributed by atoms with Crippen LogP contribution in [0.4, 0.5) is 0 Å². The monoisotopic (exact) mass is 528 g/mol. The minimum absolute atomic E-state index is 0.0252. The van der Waals surface area contributed by atoms with Crippen LogP contribution < -0.4 is 21.7 Å². The Morgan fingerprint density at radius 3 is 2.03 bits per heavy atom. The number of aromatic amines is 1. The maximum absolute atomic E-state index is 13.5. The summed E-state index contributed by atoms with van der Waals surface area (Å²) in [5.41, 5.74) is 7.48. The van der Waals surface area contributed by atoms with E-state index in [1.165, 1.54) is 12.5 Å². The average molecular weight is 529 g/mol. The van der Waals surface area contributed by atoms with Crippen LogP contribution in [0, 0.1) is 11.8 Å². The molecule has 0 fully saturated rings. The van der Waals surface area contributed by atoms with Crippen LogP contribution in [0.25, 0.3) is 0 Å². The van der Waals surface area contributed by atoms with Crippen LogP contribution in [0.15, 0.2) is 42.9 Å². The summed E-state index contributed by atoms with van der Waals surface area (Å²) in [6, 6.07) is 5.12. The maximum Gasteiger partial charge on any atom is 0.326 e. The van der Waals surface area contributed by atoms with Gasteiger partial charge in [-0.05, 0) is 23.8 Å². The fourth-order valence-electron chi connectivity index (χ4n) is 3.90. The highest BCUT2D eigenvalue weighted by molar-refractivity contribution is 5.94. The lowest BCUT2D eigenvalue weighted by molar-refractivity contribution is -0.142. The number of amides is 3. The van der Waals surface area contributed by atoms with Crippen molar-refractivity contribution < 1.29 is 24.3 Å². The maximum atomic E-state index is 13.5. The van der Waals surface area contributed by atoms with Crippen molar-refractivity contribution in [1.82, 2.24) is 25.9 Å². The van der Waals surface area contributed by atoms with Gasteiger partial charge in [0.25, 0.3) is 0 Å². The van der Waals surface area contributed by atoms with Gasteiger partial charge in [-0.1, -0.05) is 64.4 Å². The number of imidazole rings is 1. The molecule has 7 N–H and O–H groups in total. The molecule has 0 radical (unpaired) electrons. The second-order valence-electron chi connectivity index (χ2n) is 10.0. The third-order valence-corrected chi connectivity index (χ3v) is 6.41. The fraction of sp³-hybridized carbons (Fsp3) is 0.519. The summed E-state index contributed by atoms with van der Waals surface area (Å²) in [6.07, 6.45) is 4.10. The third-order valence-electron chi connectivity index (χ3n) is 6.41. The predicted octanol–water partition coefficient (Wildman–Crippen LogP) is 1.15. The normalized spacial score (nSPS) is 15.1. The Labute approximate surface area is 223 Å². The van der Waals surface area contributed by atoms with Crippen molar-refractivity contribution in [2.75, 3.05) is 0 Å². The molecule has 0 bridgehead atoms. The van der Waals surface area contributed by atoms with Gasteiger partial charge >= 0.3 is 5.97 Å². The molecular formula is C27H40N6O5. The second-order valence-corrected chi connectivity index (χ2v) is 10.0. The van der Waals surface area contributed by atoms with E-state index < -0.39 is 47.9 Å². The fourth-order valence-corrected chi connectivity index (χ4v) is 3.90. The minimum atomic E-state index is -1.16. The van der Waals surface area contributed by atoms with E-state index in [2.05, 4.69) is 25.9 Å². The molecule has 0 saturated heterocycles. The van der Waals surface area contributed by atoms with Gasteiger partial charge in [-0.2, -0.15) is 0 Å². The van der Waals surface area contributed by atoms with Gasteiger partial charge in [-0.15, -0.1) is 0 Å². The topological polar surface area (TPSA) is 179 Å². The first-order valence-corrected chi connectivity index (χ1v) is 12.9. The second kappa shape index (κ2) is 14.9. The van der Waals surface area contributed by atoms with E-state index in [1.54, 1.807) is 0 Å². The summed E-state index contributed by atoms with van der Waals surface area (Å²) < 4.78 is 0. The molecule has 11 heteroatoms. The summed E-state index contributed by atoms with van der Waals surface area (Å²) >= 11 is 0. The number of carboxylic acids is 1. The lowest BCUT2D eigenvalue weighted by atomic mass is 9.98. The van der Waals surface area contributed by atoms with Crippen LogP contribution >= 0.6 is 0 Å². The molecule has 0 aliphatic carbocycles. The first kappa shape index (κ1) is 30.5. The number of nitrogens with zero attached hydrogens (tertiary/aromatic N) is 1. The molecule has 2 aromatic rings. The van der Waals surface area contributed by atoms with Gasteiger partial charge in [0.1, 0.15) is 18.1 Å². The van der Waals surface area contributed by atoms with E-state index in [1.807, 2.05) is 58.0 Å². The van der Waals surface area contributed by atoms with E-state index in [4.69, 9.17) is 5.73 Å². The number of carbonyl (C=O) groups is 4. The quantitative estimate of drug-likeness (QED) is 0.201. The van der Waals surface area contributed by atoms with Crippen LogP contribution in [0.5, 0.6) is 0 Å². The molecule has 208 valence electrons. The number of carbonyl (C=O) groups excluding carboxylic acids is 3. The van der Waals surface area contributed by atoms with Gasteiger partial charge in [0.15, 0.2) is 0 Å². The SMILES string of the molecule is CCC(C)C(N)C(=O)NC(Cc1ccccc1)C(=O)NC(Cc1cnc[nH]1)C(=O)NC(CC(C)C)C(=O)O. The molecule has 1 aromatic heterocycles. The molecule has 1 heterocycles. The summed E-state index contributed by atoms with van der Waals surface area (Å²) in [4.78, 5) is 58.2. The summed E-state index contributed by atoms with van der Waals surface area (Å²) in [5, 5.41) is 17.6. The summed E-state index contributed by atoms with van der Waals surface area (Å²) in [7, 11) is 0. The zero-order valence-corrected chi connectivity index (χ0v) is 22.4. The Morgan fingerprint density at radius 2 is 1.50 bits per heavy atom. The Morgan fingerprint density at radius 1 is 0.921 bits per heavy atom. The van der Waals surface area contributed by atoms with Gasteiger partial charge in [0.05, 0.1) is 12.4 Å². The lowest BCUT2D eigenvalue weighted by Gasteiger charge is -2.26. The van der Waals surface area contributed by atoms with Crippen molar-refractivity contribution in [3.63, 3.8) is 0 Å². The molecule has 0 saturated carbocycles. The molecule has 0 spiro atoms. The van der Waals surface area contributed by atoms with Gasteiger partial charge in [0, 0.05) is 24.7 Å². The molecule has 11 nitrogen and oxygen atoms in total. The van der Waals surface area contributed by atoms with Crippen molar-refractivity contribution >= 4 is 23.7 Å². The molecule has 0 aliphatic heterocycles. The zero-order chi connectivity index (χ0) is 28.2. The zero-order valence-electron chi connectivity index (χ0n) is 22.4. The number of nitrogens with one attached hydrogen (secondary N) is 4. The van der Waals surface area contributed by atoms with Crippen LogP contribution in [-0.4, -0.2) is 62.9 Å². The Bertz CT molecular complexity index is 1040. The van der Waals surface area contributed by atoms with Crippen molar-refractivity contribution in [2.45, 2.75) is 77.5 Å². The standard InChI is InChI=1S/C27H40N6O5/c1-5-17(4)23(28)26(36)32-20(12-18-9-7-6-8-10-18)24(34)31-21(13-19-14-29-15-30-19)25(35)33-22(27(37)38)11-16(2)3/h6-10,14-17,20-23H,5,11-13,28H2,1-4H3,(H,29,30)(H,31,34)(H,32,36)(H,33,35)(H,37,38). The van der Waals surface area contributed by atoms with Crippen LogP contribution in [0.2, 0.25) is 0 Å². The summed E-state index contributed by atoms with van der Waals surface area (Å²) in [5.74, 6) is -2.93. The average Bonchev–Trinajstić information content (AvgIpc) is 3.39. The van der Waals surface area contributed by atoms with E-state index in [0.717, 1.165) is 5.56 Å². The Kier molecular flexibility index (Phi) is 11.9. The molecular weight excluding hydrogens is 488 g/mol. The number of H-pyrrole nitrogens is 1. The number of hydrogen-bond donors (Lipinski definition) is 6. The Balaban J connectivity index is 2.28. The number of hydrogen-bond acceptors (Lipinski definition) is 6. The number of nitrogens with two attached hydrogens (primary N) is 1. The number of rotatable bonds is 15. The lowest BCUT2D eigenvalue weighted by Crippen LogP contribution is -2.58. The number of aromatic nitrogens is 2. The van der Waals surface area contributed by atoms with Gasteiger partial charge in [0.2, 0.25) is 17.7 Å². The van der Waals surface area contributed by atoms with Crippen molar-refractivity contribution in [1.29, 1.82) is 0 Å². The smallest absolute Gasteiger partial charge is 0.326 e. The molecule has 38 heavy (non-hydrogen) atoms. The van der Waals surface area contributed by atoms with Gasteiger partial charge in [-0.25, -0.2) is 9.78 Å². The molecule has 0 aliphatic rings. The molecule has 5 unspecified atom stereocenters. The highest BCUT2D eigenvalue weighted by atomic mass is 16.4. The van der Waals surface area contributed by atoms with Crippen molar-refractivity contribution in [3.05, 3.63) is 54.1 Å². The predicted molar refractivity (Wildman–Crippen MR) is 143 cm³/mol. The van der Waals surface area contributed by atoms with E-state index in [9.17, 15) is 24.3 Å². The van der Waals surface area contributed by atoms with Crippen molar-refractivity contribution in [3.8, 4) is 0 Å². The van der Waals surface area contributed by atoms with E-state index in [-0.39, 0.29) is 31.1 Å². The molecule has 1 aromatic carbocycles. The largest absolute Gasteiger partial charge is 0.480 e. The Hall–Kier alpha value is -3.73. The number of carboxylic acid groups (broad SMARTS) is 1. The van der Waals surface area contributed by atoms with E-state index in [0.29, 0.717) is 12.1 Å². The van der Waals surface area contributed by atoms with E-state index >= 15 is 0 Å². The first-order valence-electron chi connectivity index (χ1n) is 12.9. The van der Waals surface area contributed by atoms with Crippen LogP contribution in [0.1, 0.15) is 51.8 Å². The van der Waals surface area contributed by atoms with Crippen LogP contribution in [0.3, 0.4) is 0 Å². The minimum Gasteiger partial charge on any atom is -0.480 e. The van der Waals surface area contributed by atoms with Gasteiger partial charge in [-0.3, -0.25) is 14.4 Å². The molecule has 2 rings (SSSR count). The highest BCUT2D eigenvalue weighted by Gasteiger charge is 2.31. The summed E-state index contributed by atoms with van der Waals surface area (Å²) in [6.45, 7) is 7.49. The molecule has 5 atom stereocenters. The van der Waals surface area contributed by atoms with Gasteiger partial charge < -0.3 is 31.8 Å². The van der Waals surface area contributed by atoms with Crippen molar-refractivity contribution in [2.24, 2.45) is 17.6 Å². The highest BCUT2D eigenvalue weighted by Crippen LogP contribution is 2.10. The number of aliphatic carboxylic acids is 1.